The maximum atomic E-state index is 15.0. The lowest BCUT2D eigenvalue weighted by Crippen LogP contribution is -2.37. The van der Waals surface area contributed by atoms with Crippen molar-refractivity contribution in [1.82, 2.24) is 0 Å². The summed E-state index contributed by atoms with van der Waals surface area (Å²) in [7, 11) is -4.67. The second-order valence-electron chi connectivity index (χ2n) is 6.50. The minimum absolute atomic E-state index is 0.146. The van der Waals surface area contributed by atoms with Gasteiger partial charge in [-0.15, -0.1) is 0 Å². The molecule has 2 atom stereocenters. The van der Waals surface area contributed by atoms with Crippen LogP contribution in [0, 0.1) is 11.8 Å². The number of halogens is 2. The minimum atomic E-state index is -4.67. The van der Waals surface area contributed by atoms with Gasteiger partial charge in [0.15, 0.2) is 0 Å². The maximum Gasteiger partial charge on any atom is 0.400 e. The molecule has 7 heteroatoms. The molecular weight excluding hydrogens is 313 g/mol. The Balaban J connectivity index is 3.18. The van der Waals surface area contributed by atoms with Gasteiger partial charge in [-0.3, -0.25) is 9.36 Å². The number of hydrogen-bond acceptors (Lipinski definition) is 4. The highest BCUT2D eigenvalue weighted by molar-refractivity contribution is 7.55. The van der Waals surface area contributed by atoms with Crippen LogP contribution in [0.4, 0.5) is 8.78 Å². The Bertz CT molecular complexity index is 423. The molecule has 1 aliphatic rings. The summed E-state index contributed by atoms with van der Waals surface area (Å²) < 4.78 is 53.0. The molecule has 0 unspecified atom stereocenters. The molecule has 1 fully saturated rings. The van der Waals surface area contributed by atoms with Crippen molar-refractivity contribution in [3.05, 3.63) is 0 Å². The van der Waals surface area contributed by atoms with Crippen molar-refractivity contribution in [1.29, 1.82) is 0 Å². The van der Waals surface area contributed by atoms with Crippen molar-refractivity contribution in [3.8, 4) is 0 Å². The highest BCUT2D eigenvalue weighted by Crippen LogP contribution is 2.67. The summed E-state index contributed by atoms with van der Waals surface area (Å²) in [5.41, 5.74) is -3.68. The Morgan fingerprint density at radius 2 is 1.64 bits per heavy atom. The number of carbonyl (C=O) groups excluding carboxylic acids is 1. The van der Waals surface area contributed by atoms with E-state index in [2.05, 4.69) is 0 Å². The summed E-state index contributed by atoms with van der Waals surface area (Å²) in [6, 6.07) is 0. The van der Waals surface area contributed by atoms with Crippen molar-refractivity contribution < 1.29 is 27.2 Å². The van der Waals surface area contributed by atoms with E-state index in [0.29, 0.717) is 19.3 Å². The van der Waals surface area contributed by atoms with E-state index < -0.39 is 37.3 Å². The zero-order valence-corrected chi connectivity index (χ0v) is 14.9. The average Bonchev–Trinajstić information content (AvgIpc) is 2.50. The minimum Gasteiger partial charge on any atom is -0.302 e. The molecule has 0 spiro atoms. The third-order valence-corrected chi connectivity index (χ3v) is 6.27. The van der Waals surface area contributed by atoms with Gasteiger partial charge >= 0.3 is 13.3 Å². The molecule has 1 rings (SSSR count). The van der Waals surface area contributed by atoms with Gasteiger partial charge in [0, 0.05) is 18.3 Å². The third kappa shape index (κ3) is 4.36. The highest BCUT2D eigenvalue weighted by atomic mass is 31.2. The van der Waals surface area contributed by atoms with Crippen molar-refractivity contribution in [2.75, 3.05) is 0 Å². The standard InChI is InChI=1S/C15H27F2O4P/c1-10(2)20-22(19,21-11(3)4)15(16,17)13-8-6-7-9-14(18)12(13)5/h10-13H,6-9H2,1-5H3/t12-,13-/m0/s1. The zero-order chi connectivity index (χ0) is 17.1. The first-order valence-electron chi connectivity index (χ1n) is 7.88. The van der Waals surface area contributed by atoms with Gasteiger partial charge in [0.2, 0.25) is 0 Å². The Hall–Kier alpha value is -0.320. The molecule has 1 aliphatic carbocycles. The molecule has 0 saturated heterocycles. The molecule has 0 heterocycles. The Morgan fingerprint density at radius 1 is 1.14 bits per heavy atom. The number of hydrogen-bond donors (Lipinski definition) is 0. The Labute approximate surface area is 131 Å². The molecule has 4 nitrogen and oxygen atoms in total. The smallest absolute Gasteiger partial charge is 0.302 e. The van der Waals surface area contributed by atoms with Gasteiger partial charge < -0.3 is 9.05 Å². The van der Waals surface area contributed by atoms with Crippen LogP contribution in [0.3, 0.4) is 0 Å². The molecule has 0 bridgehead atoms. The molecule has 0 radical (unpaired) electrons. The Kier molecular flexibility index (Phi) is 6.72. The largest absolute Gasteiger partial charge is 0.400 e. The summed E-state index contributed by atoms with van der Waals surface area (Å²) in [6.07, 6.45) is 0.232. The molecule has 1 saturated carbocycles. The van der Waals surface area contributed by atoms with Crippen LogP contribution in [0.15, 0.2) is 0 Å². The van der Waals surface area contributed by atoms with Crippen LogP contribution < -0.4 is 0 Å². The topological polar surface area (TPSA) is 52.6 Å². The average molecular weight is 340 g/mol. The van der Waals surface area contributed by atoms with Crippen LogP contribution in [0.2, 0.25) is 0 Å². The van der Waals surface area contributed by atoms with E-state index in [4.69, 9.17) is 9.05 Å². The number of alkyl halides is 2. The number of carbonyl (C=O) groups is 1. The van der Waals surface area contributed by atoms with Gasteiger partial charge in [0.25, 0.3) is 0 Å². The van der Waals surface area contributed by atoms with E-state index in [1.165, 1.54) is 34.6 Å². The van der Waals surface area contributed by atoms with Crippen LogP contribution in [0.5, 0.6) is 0 Å². The quantitative estimate of drug-likeness (QED) is 0.503. The molecule has 0 aromatic carbocycles. The summed E-state index contributed by atoms with van der Waals surface area (Å²) in [4.78, 5) is 11.9. The van der Waals surface area contributed by atoms with Crippen molar-refractivity contribution in [3.63, 3.8) is 0 Å². The molecule has 0 aromatic heterocycles. The van der Waals surface area contributed by atoms with Crippen molar-refractivity contribution in [2.45, 2.75) is 78.2 Å². The predicted octanol–water partition coefficient (Wildman–Crippen LogP) is 5.02. The van der Waals surface area contributed by atoms with Crippen LogP contribution >= 0.6 is 7.60 Å². The Morgan fingerprint density at radius 3 is 2.09 bits per heavy atom. The van der Waals surface area contributed by atoms with Gasteiger partial charge in [-0.2, -0.15) is 8.78 Å². The van der Waals surface area contributed by atoms with E-state index in [-0.39, 0.29) is 12.2 Å². The van der Waals surface area contributed by atoms with Gasteiger partial charge in [-0.25, -0.2) is 0 Å². The fourth-order valence-electron chi connectivity index (χ4n) is 2.76. The molecule has 0 N–H and O–H groups in total. The fraction of sp³-hybridized carbons (Fsp3) is 0.933. The second kappa shape index (κ2) is 7.50. The van der Waals surface area contributed by atoms with E-state index in [1.54, 1.807) is 0 Å². The molecule has 0 amide bonds. The SMILES string of the molecule is CC(C)OP(=O)(OC(C)C)C(F)(F)[C@H]1CCCCC(=O)[C@H]1C. The third-order valence-electron chi connectivity index (χ3n) is 3.81. The van der Waals surface area contributed by atoms with Gasteiger partial charge in [0.05, 0.1) is 12.2 Å². The van der Waals surface area contributed by atoms with E-state index in [9.17, 15) is 9.36 Å². The van der Waals surface area contributed by atoms with Crippen LogP contribution in [-0.4, -0.2) is 23.7 Å². The lowest BCUT2D eigenvalue weighted by atomic mass is 9.89. The summed E-state index contributed by atoms with van der Waals surface area (Å²) in [6.45, 7) is 7.63. The first kappa shape index (κ1) is 19.7. The van der Waals surface area contributed by atoms with Crippen LogP contribution in [0.25, 0.3) is 0 Å². The molecule has 22 heavy (non-hydrogen) atoms. The van der Waals surface area contributed by atoms with Crippen molar-refractivity contribution in [2.24, 2.45) is 11.8 Å². The second-order valence-corrected chi connectivity index (χ2v) is 8.51. The van der Waals surface area contributed by atoms with E-state index in [0.717, 1.165) is 0 Å². The summed E-state index contributed by atoms with van der Waals surface area (Å²) >= 11 is 0. The molecule has 0 aliphatic heterocycles. The predicted molar refractivity (Wildman–Crippen MR) is 81.1 cm³/mol. The van der Waals surface area contributed by atoms with Gasteiger partial charge in [-0.05, 0) is 40.5 Å². The monoisotopic (exact) mass is 340 g/mol. The van der Waals surface area contributed by atoms with Gasteiger partial charge in [0.1, 0.15) is 5.78 Å². The fourth-order valence-corrected chi connectivity index (χ4v) is 4.96. The normalized spacial score (nSPS) is 24.9. The lowest BCUT2D eigenvalue weighted by Gasteiger charge is -2.35. The summed E-state index contributed by atoms with van der Waals surface area (Å²) in [5, 5.41) is 0. The lowest BCUT2D eigenvalue weighted by molar-refractivity contribution is -0.127. The first-order valence-corrected chi connectivity index (χ1v) is 9.43. The van der Waals surface area contributed by atoms with Crippen LogP contribution in [-0.2, 0) is 18.4 Å². The van der Waals surface area contributed by atoms with Crippen LogP contribution in [0.1, 0.15) is 60.3 Å². The summed E-state index contributed by atoms with van der Waals surface area (Å²) in [5.74, 6) is -2.37. The molecule has 130 valence electrons. The van der Waals surface area contributed by atoms with Gasteiger partial charge in [-0.1, -0.05) is 13.3 Å². The van der Waals surface area contributed by atoms with E-state index in [1.807, 2.05) is 0 Å². The molecular formula is C15H27F2O4P. The number of Topliss-reactive ketones (excluding diaryl/α,β-unsaturated/α-hetero) is 1. The highest BCUT2D eigenvalue weighted by Gasteiger charge is 2.61. The number of ketones is 1. The zero-order valence-electron chi connectivity index (χ0n) is 14.0. The first-order chi connectivity index (χ1) is 10.0. The molecule has 0 aromatic rings. The van der Waals surface area contributed by atoms with Crippen molar-refractivity contribution >= 4 is 13.4 Å². The number of rotatable bonds is 6. The maximum absolute atomic E-state index is 15.0. The van der Waals surface area contributed by atoms with E-state index >= 15 is 8.78 Å².